The number of carbonyl (C=O) groups excluding carboxylic acids is 1. The highest BCUT2D eigenvalue weighted by Gasteiger charge is 2.13. The number of nitrogens with zero attached hydrogens (tertiary/aromatic N) is 3. The van der Waals surface area contributed by atoms with E-state index in [1.165, 1.54) is 0 Å². The van der Waals surface area contributed by atoms with Crippen LogP contribution in [0.4, 0.5) is 5.69 Å². The molecular weight excluding hydrogens is 331 g/mol. The molecule has 0 radical (unpaired) electrons. The van der Waals surface area contributed by atoms with Crippen molar-refractivity contribution in [3.63, 3.8) is 0 Å². The molecule has 2 N–H and O–H groups in total. The fraction of sp³-hybridized carbons (Fsp3) is 0.308. The summed E-state index contributed by atoms with van der Waals surface area (Å²) in [5, 5.41) is 0. The summed E-state index contributed by atoms with van der Waals surface area (Å²) in [4.78, 5) is 23.2. The second kappa shape index (κ2) is 8.81. The maximum Gasteiger partial charge on any atom is 0.228 e. The summed E-state index contributed by atoms with van der Waals surface area (Å²) in [5.41, 5.74) is 9.67. The minimum Gasteiger partial charge on any atom is -0.397 e. The molecule has 0 bridgehead atoms. The number of amides is 1. The molecule has 0 spiro atoms. The molecule has 2 heterocycles. The number of nitrogens with two attached hydrogens (primary N) is 1. The molecule has 2 aromatic heterocycles. The predicted molar refractivity (Wildman–Crippen MR) is 90.2 cm³/mol. The predicted octanol–water partition coefficient (Wildman–Crippen LogP) is 2.47. The van der Waals surface area contributed by atoms with Gasteiger partial charge in [0.05, 0.1) is 36.1 Å². The first-order valence-corrected chi connectivity index (χ1v) is 6.77. The van der Waals surface area contributed by atoms with Crippen LogP contribution >= 0.6 is 36.2 Å². The average molecular weight is 349 g/mol. The van der Waals surface area contributed by atoms with Crippen molar-refractivity contribution >= 4 is 47.7 Å². The summed E-state index contributed by atoms with van der Waals surface area (Å²) in [6.07, 6.45) is 1.85. The van der Waals surface area contributed by atoms with E-state index in [1.807, 2.05) is 6.92 Å². The average Bonchev–Trinajstić information content (AvgIpc) is 2.78. The Kier molecular flexibility index (Phi) is 8.24. The number of nitrogen functional groups attached to an aromatic ring is 1. The van der Waals surface area contributed by atoms with Crippen LogP contribution in [-0.2, 0) is 17.8 Å². The summed E-state index contributed by atoms with van der Waals surface area (Å²) < 4.78 is 0. The van der Waals surface area contributed by atoms with Crippen molar-refractivity contribution in [1.82, 2.24) is 14.9 Å². The van der Waals surface area contributed by atoms with Crippen molar-refractivity contribution in [1.29, 1.82) is 0 Å². The van der Waals surface area contributed by atoms with Gasteiger partial charge in [-0.1, -0.05) is 0 Å². The Morgan fingerprint density at radius 2 is 2.05 bits per heavy atom. The first kappa shape index (κ1) is 19.6. The zero-order valence-corrected chi connectivity index (χ0v) is 14.2. The van der Waals surface area contributed by atoms with Gasteiger partial charge in [0.25, 0.3) is 0 Å². The number of anilines is 1. The Morgan fingerprint density at radius 1 is 1.33 bits per heavy atom. The topological polar surface area (TPSA) is 72.1 Å². The molecule has 0 atom stereocenters. The van der Waals surface area contributed by atoms with Crippen molar-refractivity contribution in [2.75, 3.05) is 12.8 Å². The van der Waals surface area contributed by atoms with Crippen LogP contribution in [0.15, 0.2) is 23.8 Å². The molecule has 0 aliphatic carbocycles. The quantitative estimate of drug-likeness (QED) is 0.920. The number of carbonyl (C=O) groups is 1. The lowest BCUT2D eigenvalue weighted by atomic mass is 10.2. The standard InChI is InChI=1S/C13H16N4OS.2ClH/c1-9-12(19-8-16-9)7-17(2)13(18)5-11-4-3-10(14)6-15-11;;/h3-4,6,8H,5,7,14H2,1-2H3;2*1H. The van der Waals surface area contributed by atoms with Gasteiger partial charge in [0.1, 0.15) is 0 Å². The minimum absolute atomic E-state index is 0. The molecule has 0 aromatic carbocycles. The Bertz CT molecular complexity index is 574. The lowest BCUT2D eigenvalue weighted by Gasteiger charge is -2.16. The highest BCUT2D eigenvalue weighted by molar-refractivity contribution is 7.09. The Labute approximate surface area is 140 Å². The summed E-state index contributed by atoms with van der Waals surface area (Å²) >= 11 is 1.57. The van der Waals surface area contributed by atoms with E-state index in [4.69, 9.17) is 5.73 Å². The van der Waals surface area contributed by atoms with Gasteiger partial charge < -0.3 is 10.6 Å². The van der Waals surface area contributed by atoms with E-state index in [1.54, 1.807) is 47.1 Å². The van der Waals surface area contributed by atoms with E-state index in [2.05, 4.69) is 9.97 Å². The first-order valence-electron chi connectivity index (χ1n) is 5.89. The lowest BCUT2D eigenvalue weighted by molar-refractivity contribution is -0.129. The number of hydrogen-bond donors (Lipinski definition) is 1. The van der Waals surface area contributed by atoms with Crippen LogP contribution in [0.5, 0.6) is 0 Å². The molecule has 1 amide bonds. The van der Waals surface area contributed by atoms with Crippen LogP contribution in [0.1, 0.15) is 16.3 Å². The fourth-order valence-electron chi connectivity index (χ4n) is 1.61. The number of thiazole rings is 1. The van der Waals surface area contributed by atoms with Crippen molar-refractivity contribution in [3.05, 3.63) is 40.1 Å². The number of aromatic nitrogens is 2. The van der Waals surface area contributed by atoms with Gasteiger partial charge in [-0.05, 0) is 19.1 Å². The minimum atomic E-state index is 0. The Balaban J connectivity index is 0.00000200. The highest BCUT2D eigenvalue weighted by Crippen LogP contribution is 2.14. The van der Waals surface area contributed by atoms with Gasteiger partial charge in [0.2, 0.25) is 5.91 Å². The van der Waals surface area contributed by atoms with Gasteiger partial charge in [-0.3, -0.25) is 9.78 Å². The molecule has 0 saturated carbocycles. The molecule has 2 rings (SSSR count). The molecule has 0 aliphatic heterocycles. The van der Waals surface area contributed by atoms with E-state index in [9.17, 15) is 4.79 Å². The van der Waals surface area contributed by atoms with E-state index in [-0.39, 0.29) is 37.1 Å². The van der Waals surface area contributed by atoms with Gasteiger partial charge in [-0.25, -0.2) is 4.98 Å². The fourth-order valence-corrected chi connectivity index (χ4v) is 2.44. The third kappa shape index (κ3) is 5.49. The molecule has 116 valence electrons. The third-order valence-corrected chi connectivity index (χ3v) is 3.75. The normalized spacial score (nSPS) is 9.43. The van der Waals surface area contributed by atoms with Crippen molar-refractivity contribution in [2.45, 2.75) is 19.9 Å². The second-order valence-electron chi connectivity index (χ2n) is 4.37. The number of hydrogen-bond acceptors (Lipinski definition) is 5. The third-order valence-electron chi connectivity index (χ3n) is 2.83. The second-order valence-corrected chi connectivity index (χ2v) is 5.31. The summed E-state index contributed by atoms with van der Waals surface area (Å²) in [6, 6.07) is 3.53. The lowest BCUT2D eigenvalue weighted by Crippen LogP contribution is -2.27. The number of likely N-dealkylation sites (N-methyl/N-ethyl adjacent to an activating group) is 1. The van der Waals surface area contributed by atoms with Gasteiger partial charge in [0, 0.05) is 17.6 Å². The van der Waals surface area contributed by atoms with Crippen LogP contribution in [0.2, 0.25) is 0 Å². The molecule has 21 heavy (non-hydrogen) atoms. The van der Waals surface area contributed by atoms with Gasteiger partial charge in [-0.2, -0.15) is 0 Å². The van der Waals surface area contributed by atoms with Crippen molar-refractivity contribution in [2.24, 2.45) is 0 Å². The van der Waals surface area contributed by atoms with Crippen LogP contribution in [0.3, 0.4) is 0 Å². The van der Waals surface area contributed by atoms with E-state index >= 15 is 0 Å². The summed E-state index contributed by atoms with van der Waals surface area (Å²) in [7, 11) is 1.79. The highest BCUT2D eigenvalue weighted by atomic mass is 35.5. The van der Waals surface area contributed by atoms with Gasteiger partial charge in [0.15, 0.2) is 0 Å². The van der Waals surface area contributed by atoms with E-state index in [0.717, 1.165) is 16.3 Å². The maximum atomic E-state index is 12.1. The maximum absolute atomic E-state index is 12.1. The molecule has 0 aliphatic rings. The molecule has 0 saturated heterocycles. The van der Waals surface area contributed by atoms with Gasteiger partial charge in [-0.15, -0.1) is 36.2 Å². The number of halogens is 2. The van der Waals surface area contributed by atoms with Crippen molar-refractivity contribution in [3.8, 4) is 0 Å². The number of pyridine rings is 1. The monoisotopic (exact) mass is 348 g/mol. The zero-order chi connectivity index (χ0) is 13.8. The number of rotatable bonds is 4. The van der Waals surface area contributed by atoms with Crippen LogP contribution in [0, 0.1) is 6.92 Å². The van der Waals surface area contributed by atoms with E-state index < -0.39 is 0 Å². The first-order chi connectivity index (χ1) is 9.06. The Morgan fingerprint density at radius 3 is 2.57 bits per heavy atom. The summed E-state index contributed by atoms with van der Waals surface area (Å²) in [5.74, 6) is 0.0325. The molecule has 5 nitrogen and oxygen atoms in total. The largest absolute Gasteiger partial charge is 0.397 e. The molecule has 8 heteroatoms. The van der Waals surface area contributed by atoms with Crippen LogP contribution in [0.25, 0.3) is 0 Å². The van der Waals surface area contributed by atoms with Crippen LogP contribution in [-0.4, -0.2) is 27.8 Å². The van der Waals surface area contributed by atoms with E-state index in [0.29, 0.717) is 12.2 Å². The van der Waals surface area contributed by atoms with Crippen LogP contribution < -0.4 is 5.73 Å². The molecule has 0 fully saturated rings. The SMILES string of the molecule is Cc1ncsc1CN(C)C(=O)Cc1ccc(N)cn1.Cl.Cl. The smallest absolute Gasteiger partial charge is 0.228 e. The zero-order valence-electron chi connectivity index (χ0n) is 11.8. The van der Waals surface area contributed by atoms with Gasteiger partial charge >= 0.3 is 0 Å². The summed E-state index contributed by atoms with van der Waals surface area (Å²) in [6.45, 7) is 2.54. The molecule has 2 aromatic rings. The number of aryl methyl sites for hydroxylation is 1. The van der Waals surface area contributed by atoms with Crippen molar-refractivity contribution < 1.29 is 4.79 Å². The molecule has 0 unspecified atom stereocenters. The molecular formula is C13H18Cl2N4OS. The Hall–Kier alpha value is -1.37.